The molecule has 6 rings (SSSR count). The van der Waals surface area contributed by atoms with E-state index in [0.29, 0.717) is 29.0 Å². The highest BCUT2D eigenvalue weighted by atomic mass is 16.6. The van der Waals surface area contributed by atoms with Gasteiger partial charge in [-0.3, -0.25) is 14.9 Å². The summed E-state index contributed by atoms with van der Waals surface area (Å²) in [4.78, 5) is 27.5. The number of nitro groups is 1. The molecular weight excluding hydrogens is 504 g/mol. The van der Waals surface area contributed by atoms with Gasteiger partial charge in [0.1, 0.15) is 11.4 Å². The normalized spacial score (nSPS) is 13.8. The summed E-state index contributed by atoms with van der Waals surface area (Å²) >= 11 is 0. The number of fused-ring (bicyclic) bond motifs is 1. The van der Waals surface area contributed by atoms with Crippen LogP contribution in [0.4, 0.5) is 11.4 Å². The summed E-state index contributed by atoms with van der Waals surface area (Å²) in [6, 6.07) is 31.5. The van der Waals surface area contributed by atoms with Crippen LogP contribution in [-0.2, 0) is 0 Å². The van der Waals surface area contributed by atoms with E-state index in [1.807, 2.05) is 72.8 Å². The average molecular weight is 533 g/mol. The second-order valence-corrected chi connectivity index (χ2v) is 9.96. The molecule has 0 radical (unpaired) electrons. The molecule has 8 heteroatoms. The van der Waals surface area contributed by atoms with Gasteiger partial charge in [0.15, 0.2) is 0 Å². The van der Waals surface area contributed by atoms with Crippen molar-refractivity contribution in [2.24, 2.45) is 5.92 Å². The third-order valence-corrected chi connectivity index (χ3v) is 7.44. The van der Waals surface area contributed by atoms with Gasteiger partial charge in [0.05, 0.1) is 22.6 Å². The molecule has 1 aromatic heterocycles. The minimum absolute atomic E-state index is 0.157. The number of para-hydroxylation sites is 1. The second kappa shape index (κ2) is 11.0. The van der Waals surface area contributed by atoms with Crippen LogP contribution >= 0.6 is 0 Å². The Morgan fingerprint density at radius 2 is 1.50 bits per heavy atom. The van der Waals surface area contributed by atoms with Crippen molar-refractivity contribution >= 4 is 22.1 Å². The lowest BCUT2D eigenvalue weighted by molar-refractivity contribution is -0.384. The molecule has 40 heavy (non-hydrogen) atoms. The predicted molar refractivity (Wildman–Crippen MR) is 156 cm³/mol. The summed E-state index contributed by atoms with van der Waals surface area (Å²) in [7, 11) is 0. The number of hydrogen-bond acceptors (Lipinski definition) is 6. The van der Waals surface area contributed by atoms with E-state index in [2.05, 4.69) is 4.90 Å². The van der Waals surface area contributed by atoms with Crippen LogP contribution in [0, 0.1) is 16.0 Å². The molecule has 200 valence electrons. The second-order valence-electron chi connectivity index (χ2n) is 9.96. The van der Waals surface area contributed by atoms with Crippen LogP contribution in [0.3, 0.4) is 0 Å². The quantitative estimate of drug-likeness (QED) is 0.182. The lowest BCUT2D eigenvalue weighted by Gasteiger charge is -2.33. The number of anilines is 1. The maximum absolute atomic E-state index is 13.7. The highest BCUT2D eigenvalue weighted by Crippen LogP contribution is 2.32. The molecule has 8 nitrogen and oxygen atoms in total. The van der Waals surface area contributed by atoms with Gasteiger partial charge in [0.25, 0.3) is 11.2 Å². The van der Waals surface area contributed by atoms with Crippen molar-refractivity contribution in [2.75, 3.05) is 24.6 Å². The van der Waals surface area contributed by atoms with E-state index in [1.54, 1.807) is 24.3 Å². The van der Waals surface area contributed by atoms with E-state index in [1.165, 1.54) is 10.7 Å². The Balaban J connectivity index is 1.34. The fraction of sp³-hybridized carbons (Fsp3) is 0.188. The molecule has 2 heterocycles. The minimum atomic E-state index is -0.461. The number of nitro benzene ring substituents is 1. The highest BCUT2D eigenvalue weighted by molar-refractivity contribution is 5.94. The molecular formula is C32H28N4O4. The van der Waals surface area contributed by atoms with Gasteiger partial charge in [0.2, 0.25) is 0 Å². The van der Waals surface area contributed by atoms with E-state index in [-0.39, 0.29) is 11.4 Å². The van der Waals surface area contributed by atoms with Crippen LogP contribution in [0.2, 0.25) is 0 Å². The zero-order chi connectivity index (χ0) is 27.5. The maximum atomic E-state index is 13.7. The van der Waals surface area contributed by atoms with Crippen molar-refractivity contribution in [3.63, 3.8) is 0 Å². The third-order valence-electron chi connectivity index (χ3n) is 7.44. The van der Waals surface area contributed by atoms with Crippen molar-refractivity contribution in [1.29, 1.82) is 0 Å². The average Bonchev–Trinajstić information content (AvgIpc) is 3.01. The van der Waals surface area contributed by atoms with Crippen LogP contribution in [0.15, 0.2) is 108 Å². The van der Waals surface area contributed by atoms with Gasteiger partial charge in [-0.1, -0.05) is 66.7 Å². The van der Waals surface area contributed by atoms with Crippen LogP contribution in [0.5, 0.6) is 5.75 Å². The molecule has 0 N–H and O–H groups in total. The lowest BCUT2D eigenvalue weighted by atomic mass is 9.97. The number of nitrogens with zero attached hydrogens (tertiary/aromatic N) is 4. The summed E-state index contributed by atoms with van der Waals surface area (Å²) in [6.45, 7) is 2.23. The van der Waals surface area contributed by atoms with Crippen LogP contribution < -0.4 is 15.2 Å². The van der Waals surface area contributed by atoms with Crippen molar-refractivity contribution in [3.05, 3.63) is 124 Å². The first-order valence-electron chi connectivity index (χ1n) is 13.4. The molecule has 4 aromatic carbocycles. The molecule has 1 aliphatic rings. The minimum Gasteiger partial charge on any atom is -0.493 e. The Labute approximate surface area is 231 Å². The fourth-order valence-corrected chi connectivity index (χ4v) is 5.28. The van der Waals surface area contributed by atoms with Gasteiger partial charge < -0.3 is 9.64 Å². The van der Waals surface area contributed by atoms with E-state index >= 15 is 0 Å². The number of ether oxygens (including phenoxy) is 1. The summed E-state index contributed by atoms with van der Waals surface area (Å²) in [5.74, 6) is 1.29. The Morgan fingerprint density at radius 1 is 0.850 bits per heavy atom. The first-order valence-corrected chi connectivity index (χ1v) is 13.4. The molecule has 0 spiro atoms. The molecule has 0 saturated carbocycles. The largest absolute Gasteiger partial charge is 0.493 e. The van der Waals surface area contributed by atoms with Crippen LogP contribution in [0.1, 0.15) is 12.8 Å². The molecule has 0 unspecified atom stereocenters. The SMILES string of the molecule is O=c1c2ccccc2c(-c2ccccc2)nn1-c1cc(N2CCC(COc3ccccc3)CC2)ccc1[N+](=O)[O-]. The first-order chi connectivity index (χ1) is 19.6. The van der Waals surface area contributed by atoms with E-state index in [9.17, 15) is 14.9 Å². The van der Waals surface area contributed by atoms with E-state index in [4.69, 9.17) is 9.84 Å². The van der Waals surface area contributed by atoms with Gasteiger partial charge in [0, 0.05) is 35.8 Å². The number of piperidine rings is 1. The molecule has 1 saturated heterocycles. The van der Waals surface area contributed by atoms with E-state index < -0.39 is 10.5 Å². The van der Waals surface area contributed by atoms with Gasteiger partial charge in [-0.15, -0.1) is 0 Å². The highest BCUT2D eigenvalue weighted by Gasteiger charge is 2.25. The van der Waals surface area contributed by atoms with Crippen molar-refractivity contribution in [1.82, 2.24) is 9.78 Å². The fourth-order valence-electron chi connectivity index (χ4n) is 5.28. The molecule has 0 bridgehead atoms. The zero-order valence-electron chi connectivity index (χ0n) is 21.8. The Morgan fingerprint density at radius 3 is 2.20 bits per heavy atom. The molecule has 5 aromatic rings. The van der Waals surface area contributed by atoms with E-state index in [0.717, 1.165) is 42.9 Å². The number of rotatable bonds is 7. The van der Waals surface area contributed by atoms with Gasteiger partial charge in [-0.25, -0.2) is 0 Å². The zero-order valence-corrected chi connectivity index (χ0v) is 21.8. The summed E-state index contributed by atoms with van der Waals surface area (Å²) in [5.41, 5.74) is 1.84. The summed E-state index contributed by atoms with van der Waals surface area (Å²) in [6.07, 6.45) is 1.87. The molecule has 1 aliphatic heterocycles. The van der Waals surface area contributed by atoms with Crippen molar-refractivity contribution in [2.45, 2.75) is 12.8 Å². The standard InChI is InChI=1S/C32H28N4O4/c37-32-28-14-8-7-13-27(28)31(24-9-3-1-4-10-24)33-35(32)30-21-25(15-16-29(30)36(38)39)34-19-17-23(18-20-34)22-40-26-11-5-2-6-12-26/h1-16,21,23H,17-20,22H2. The van der Waals surface area contributed by atoms with Gasteiger partial charge in [-0.05, 0) is 49.1 Å². The molecule has 0 aliphatic carbocycles. The first kappa shape index (κ1) is 25.3. The molecule has 1 fully saturated rings. The van der Waals surface area contributed by atoms with Crippen molar-refractivity contribution in [3.8, 4) is 22.7 Å². The summed E-state index contributed by atoms with van der Waals surface area (Å²) < 4.78 is 7.15. The maximum Gasteiger partial charge on any atom is 0.295 e. The number of aromatic nitrogens is 2. The third kappa shape index (κ3) is 5.03. The van der Waals surface area contributed by atoms with Crippen molar-refractivity contribution < 1.29 is 9.66 Å². The van der Waals surface area contributed by atoms with Crippen LogP contribution in [-0.4, -0.2) is 34.4 Å². The number of benzene rings is 4. The molecule has 0 amide bonds. The monoisotopic (exact) mass is 532 g/mol. The Kier molecular flexibility index (Phi) is 6.97. The topological polar surface area (TPSA) is 90.5 Å². The Hall–Kier alpha value is -4.98. The van der Waals surface area contributed by atoms with Gasteiger partial charge in [-0.2, -0.15) is 9.78 Å². The predicted octanol–water partition coefficient (Wildman–Crippen LogP) is 6.26. The number of hydrogen-bond donors (Lipinski definition) is 0. The van der Waals surface area contributed by atoms with Crippen LogP contribution in [0.25, 0.3) is 27.7 Å². The lowest BCUT2D eigenvalue weighted by Crippen LogP contribution is -2.35. The van der Waals surface area contributed by atoms with Gasteiger partial charge >= 0.3 is 0 Å². The smallest absolute Gasteiger partial charge is 0.295 e. The Bertz CT molecular complexity index is 1710. The molecule has 0 atom stereocenters. The summed E-state index contributed by atoms with van der Waals surface area (Å²) in [5, 5.41) is 17.9.